The fourth-order valence-electron chi connectivity index (χ4n) is 6.31. The summed E-state index contributed by atoms with van der Waals surface area (Å²) in [6.07, 6.45) is 0.658. The molecule has 2 heterocycles. The van der Waals surface area contributed by atoms with E-state index >= 15 is 0 Å². The molecule has 0 aliphatic carbocycles. The number of anilines is 1. The van der Waals surface area contributed by atoms with Gasteiger partial charge in [0.25, 0.3) is 5.91 Å². The highest BCUT2D eigenvalue weighted by atomic mass is 16.5. The molecule has 1 aliphatic rings. The third-order valence-electron chi connectivity index (χ3n) is 9.24. The van der Waals surface area contributed by atoms with Crippen molar-refractivity contribution < 1.29 is 38.9 Å². The SMILES string of the molecule is CNC(=O)C(CCC=O)N1Cc2c(NC(=O)OCCCN(C)C(=O)Cc3ccc(-n4c(-c5cc(C(C)C)c(O)cc5O)n[nH]c4=O)cc3)cccc2C1=O. The molecule has 0 bridgehead atoms. The number of carbonyl (C=O) groups is 5. The lowest BCUT2D eigenvalue weighted by Gasteiger charge is -2.25. The van der Waals surface area contributed by atoms with Gasteiger partial charge < -0.3 is 34.9 Å². The quantitative estimate of drug-likeness (QED) is 0.0884. The number of rotatable bonds is 15. The molecule has 16 heteroatoms. The van der Waals surface area contributed by atoms with E-state index in [-0.39, 0.29) is 78.9 Å². The van der Waals surface area contributed by atoms with Gasteiger partial charge in [-0.2, -0.15) is 5.10 Å². The summed E-state index contributed by atoms with van der Waals surface area (Å²) >= 11 is 0. The molecule has 3 aromatic carbocycles. The summed E-state index contributed by atoms with van der Waals surface area (Å²) in [5, 5.41) is 32.5. The van der Waals surface area contributed by atoms with Gasteiger partial charge in [0.1, 0.15) is 23.8 Å². The molecule has 5 N–H and O–H groups in total. The minimum Gasteiger partial charge on any atom is -0.508 e. The van der Waals surface area contributed by atoms with Crippen LogP contribution in [-0.4, -0.2) is 98.2 Å². The van der Waals surface area contributed by atoms with Crippen molar-refractivity contribution in [2.75, 3.05) is 32.6 Å². The normalized spacial score (nSPS) is 12.7. The van der Waals surface area contributed by atoms with E-state index in [9.17, 15) is 39.0 Å². The molecule has 5 rings (SSSR count). The molecule has 0 radical (unpaired) electrons. The van der Waals surface area contributed by atoms with Crippen molar-refractivity contribution in [2.24, 2.45) is 0 Å². The van der Waals surface area contributed by atoms with Gasteiger partial charge in [0.15, 0.2) is 5.82 Å². The number of likely N-dealkylation sites (N-methyl/N-ethyl adjacent to an activating group) is 2. The van der Waals surface area contributed by atoms with Gasteiger partial charge in [-0.15, -0.1) is 0 Å². The summed E-state index contributed by atoms with van der Waals surface area (Å²) in [5.74, 6) is -1.13. The van der Waals surface area contributed by atoms with Crippen LogP contribution in [0.25, 0.3) is 17.1 Å². The Bertz CT molecular complexity index is 2110. The second kappa shape index (κ2) is 16.9. The van der Waals surface area contributed by atoms with Crippen LogP contribution in [0.15, 0.2) is 59.4 Å². The molecule has 0 saturated carbocycles. The number of nitrogens with zero attached hydrogens (tertiary/aromatic N) is 4. The van der Waals surface area contributed by atoms with Crippen molar-refractivity contribution in [1.82, 2.24) is 29.9 Å². The van der Waals surface area contributed by atoms with E-state index in [4.69, 9.17) is 4.74 Å². The Morgan fingerprint density at radius 2 is 1.80 bits per heavy atom. The number of aromatic hydroxyl groups is 2. The number of phenolic OH excluding ortho intramolecular Hbond substituents is 2. The number of benzene rings is 3. The largest absolute Gasteiger partial charge is 0.508 e. The first kappa shape index (κ1) is 38.8. The molecule has 4 aromatic rings. The van der Waals surface area contributed by atoms with Crippen LogP contribution in [0, 0.1) is 0 Å². The number of carbonyl (C=O) groups excluding carboxylic acids is 5. The summed E-state index contributed by atoms with van der Waals surface area (Å²) in [4.78, 5) is 77.9. The first-order valence-corrected chi connectivity index (χ1v) is 17.4. The number of amides is 4. The smallest absolute Gasteiger partial charge is 0.411 e. The van der Waals surface area contributed by atoms with Gasteiger partial charge in [-0.25, -0.2) is 19.3 Å². The van der Waals surface area contributed by atoms with Gasteiger partial charge >= 0.3 is 11.8 Å². The predicted molar refractivity (Wildman–Crippen MR) is 197 cm³/mol. The Labute approximate surface area is 310 Å². The van der Waals surface area contributed by atoms with Gasteiger partial charge in [-0.1, -0.05) is 32.0 Å². The fourth-order valence-corrected chi connectivity index (χ4v) is 6.31. The van der Waals surface area contributed by atoms with E-state index in [0.717, 1.165) is 0 Å². The molecule has 0 fully saturated rings. The molecule has 1 aliphatic heterocycles. The van der Waals surface area contributed by atoms with Crippen LogP contribution in [0.1, 0.15) is 66.1 Å². The molecule has 1 atom stereocenters. The maximum Gasteiger partial charge on any atom is 0.411 e. The zero-order valence-electron chi connectivity index (χ0n) is 30.4. The average Bonchev–Trinajstić information content (AvgIpc) is 3.69. The molecule has 0 saturated heterocycles. The first-order valence-electron chi connectivity index (χ1n) is 17.4. The molecule has 16 nitrogen and oxygen atoms in total. The van der Waals surface area contributed by atoms with Crippen LogP contribution in [0.2, 0.25) is 0 Å². The van der Waals surface area contributed by atoms with E-state index in [0.29, 0.717) is 52.9 Å². The summed E-state index contributed by atoms with van der Waals surface area (Å²) in [6.45, 7) is 4.17. The van der Waals surface area contributed by atoms with E-state index in [2.05, 4.69) is 20.8 Å². The van der Waals surface area contributed by atoms with Gasteiger partial charge in [-0.3, -0.25) is 19.7 Å². The Hall–Kier alpha value is -6.45. The highest BCUT2D eigenvalue weighted by Crippen LogP contribution is 2.37. The Morgan fingerprint density at radius 1 is 1.06 bits per heavy atom. The topological polar surface area (TPSA) is 216 Å². The number of fused-ring (bicyclic) bond motifs is 1. The van der Waals surface area contributed by atoms with Crippen LogP contribution >= 0.6 is 0 Å². The lowest BCUT2D eigenvalue weighted by Crippen LogP contribution is -2.46. The number of H-pyrrole nitrogens is 1. The zero-order valence-corrected chi connectivity index (χ0v) is 30.4. The Morgan fingerprint density at radius 3 is 2.48 bits per heavy atom. The summed E-state index contributed by atoms with van der Waals surface area (Å²) in [7, 11) is 3.10. The van der Waals surface area contributed by atoms with Crippen molar-refractivity contribution in [3.8, 4) is 28.6 Å². The molecular formula is C38H43N7O9. The van der Waals surface area contributed by atoms with Gasteiger partial charge in [-0.05, 0) is 60.2 Å². The van der Waals surface area contributed by atoms with Crippen molar-refractivity contribution in [2.45, 2.75) is 58.0 Å². The van der Waals surface area contributed by atoms with Crippen LogP contribution in [0.5, 0.6) is 11.5 Å². The van der Waals surface area contributed by atoms with Crippen LogP contribution in [0.4, 0.5) is 10.5 Å². The predicted octanol–water partition coefficient (Wildman–Crippen LogP) is 3.45. The lowest BCUT2D eigenvalue weighted by atomic mass is 9.98. The van der Waals surface area contributed by atoms with Crippen LogP contribution in [0.3, 0.4) is 0 Å². The van der Waals surface area contributed by atoms with E-state index in [1.54, 1.807) is 55.6 Å². The molecule has 1 unspecified atom stereocenters. The minimum absolute atomic E-state index is 0.0136. The van der Waals surface area contributed by atoms with Crippen LogP contribution < -0.4 is 16.3 Å². The van der Waals surface area contributed by atoms with E-state index < -0.39 is 17.8 Å². The van der Waals surface area contributed by atoms with Gasteiger partial charge in [0.05, 0.1) is 24.3 Å². The third kappa shape index (κ3) is 8.43. The van der Waals surface area contributed by atoms with Crippen molar-refractivity contribution in [3.05, 3.63) is 87.3 Å². The van der Waals surface area contributed by atoms with E-state index in [1.165, 1.54) is 27.5 Å². The number of nitrogens with one attached hydrogen (secondary N) is 3. The number of aromatic amines is 1. The highest BCUT2D eigenvalue weighted by molar-refractivity contribution is 6.03. The molecule has 1 aromatic heterocycles. The number of aromatic nitrogens is 3. The summed E-state index contributed by atoms with van der Waals surface area (Å²) in [5.41, 5.74) is 2.71. The number of aldehydes is 1. The maximum atomic E-state index is 13.1. The number of hydrogen-bond donors (Lipinski definition) is 5. The van der Waals surface area contributed by atoms with Gasteiger partial charge in [0.2, 0.25) is 11.8 Å². The second-order valence-electron chi connectivity index (χ2n) is 13.2. The van der Waals surface area contributed by atoms with Crippen molar-refractivity contribution >= 4 is 35.8 Å². The number of hydrogen-bond acceptors (Lipinski definition) is 10. The number of phenols is 2. The lowest BCUT2D eigenvalue weighted by molar-refractivity contribution is -0.129. The maximum absolute atomic E-state index is 13.1. The molecule has 54 heavy (non-hydrogen) atoms. The third-order valence-corrected chi connectivity index (χ3v) is 9.24. The molecule has 4 amide bonds. The standard InChI is InChI=1S/C38H43N7O9/c1-22(2)26-19-27(32(48)20-31(26)47)34-41-42-37(52)45(34)24-13-11-23(12-14-24)18-33(49)43(4)15-7-17-54-38(53)40-29-9-5-8-25-28(29)21-44(36(25)51)30(10-6-16-46)35(50)39-3/h5,8-9,11-14,16,19-20,22,30,47-48H,6-7,10,15,17-18,21H2,1-4H3,(H,39,50)(H,40,53)(H,42,52). The minimum atomic E-state index is -0.840. The first-order chi connectivity index (χ1) is 25.8. The second-order valence-corrected chi connectivity index (χ2v) is 13.2. The Kier molecular flexibility index (Phi) is 12.1. The van der Waals surface area contributed by atoms with Crippen molar-refractivity contribution in [1.29, 1.82) is 0 Å². The highest BCUT2D eigenvalue weighted by Gasteiger charge is 2.37. The van der Waals surface area contributed by atoms with Crippen molar-refractivity contribution in [3.63, 3.8) is 0 Å². The summed E-state index contributed by atoms with van der Waals surface area (Å²) in [6, 6.07) is 13.6. The molecule has 284 valence electrons. The fraction of sp³-hybridized carbons (Fsp3) is 0.342. The number of ether oxygens (including phenoxy) is 1. The zero-order chi connectivity index (χ0) is 39.1. The Balaban J connectivity index is 1.13. The molecular weight excluding hydrogens is 698 g/mol. The van der Waals surface area contributed by atoms with E-state index in [1.807, 2.05) is 13.8 Å². The van der Waals surface area contributed by atoms with Crippen LogP contribution in [-0.2, 0) is 32.1 Å². The van der Waals surface area contributed by atoms with Gasteiger partial charge in [0, 0.05) is 56.5 Å². The average molecular weight is 742 g/mol. The monoisotopic (exact) mass is 741 g/mol. The summed E-state index contributed by atoms with van der Waals surface area (Å²) < 4.78 is 6.64. The molecule has 0 spiro atoms.